The van der Waals surface area contributed by atoms with Crippen molar-refractivity contribution >= 4 is 26.0 Å². The molecule has 2 aromatic rings. The lowest BCUT2D eigenvalue weighted by molar-refractivity contribution is 0.296. The van der Waals surface area contributed by atoms with Gasteiger partial charge in [0, 0.05) is 11.0 Å². The Morgan fingerprint density at radius 1 is 1.25 bits per heavy atom. The van der Waals surface area contributed by atoms with Crippen molar-refractivity contribution in [3.8, 4) is 0 Å². The fourth-order valence-corrected chi connectivity index (χ4v) is 3.36. The zero-order chi connectivity index (χ0) is 14.8. The van der Waals surface area contributed by atoms with Crippen molar-refractivity contribution in [3.05, 3.63) is 40.1 Å². The van der Waals surface area contributed by atoms with Gasteiger partial charge in [0.25, 0.3) is 0 Å². The summed E-state index contributed by atoms with van der Waals surface area (Å²) < 4.78 is 31.9. The van der Waals surface area contributed by atoms with Gasteiger partial charge in [0.2, 0.25) is 10.0 Å². The molecule has 0 saturated heterocycles. The number of hydrogen-bond acceptors (Lipinski definition) is 5. The first-order valence-electron chi connectivity index (χ1n) is 5.99. The van der Waals surface area contributed by atoms with E-state index < -0.39 is 10.0 Å². The number of rotatable bonds is 5. The van der Waals surface area contributed by atoms with Crippen LogP contribution in [-0.2, 0) is 16.6 Å². The van der Waals surface area contributed by atoms with Crippen molar-refractivity contribution in [2.45, 2.75) is 25.3 Å². The zero-order valence-electron chi connectivity index (χ0n) is 11.1. The molecule has 0 bridgehead atoms. The van der Waals surface area contributed by atoms with Gasteiger partial charge in [-0.2, -0.15) is 4.31 Å². The average Bonchev–Trinajstić information content (AvgIpc) is 2.81. The lowest BCUT2D eigenvalue weighted by Crippen LogP contribution is -2.30. The van der Waals surface area contributed by atoms with Crippen LogP contribution >= 0.6 is 15.9 Å². The normalized spacial score (nSPS) is 12.0. The van der Waals surface area contributed by atoms with Gasteiger partial charge >= 0.3 is 0 Å². The van der Waals surface area contributed by atoms with Crippen molar-refractivity contribution in [3.63, 3.8) is 0 Å². The minimum Gasteiger partial charge on any atom is -0.244 e. The number of benzene rings is 1. The molecule has 0 aliphatic carbocycles. The van der Waals surface area contributed by atoms with E-state index in [1.165, 1.54) is 4.31 Å². The highest BCUT2D eigenvalue weighted by molar-refractivity contribution is 9.10. The second kappa shape index (κ2) is 6.02. The van der Waals surface area contributed by atoms with Crippen LogP contribution in [0.1, 0.15) is 18.3 Å². The van der Waals surface area contributed by atoms with Crippen LogP contribution in [0.3, 0.4) is 0 Å². The lowest BCUT2D eigenvalue weighted by Gasteiger charge is -2.19. The average molecular weight is 360 g/mol. The van der Waals surface area contributed by atoms with E-state index in [0.717, 1.165) is 4.47 Å². The van der Waals surface area contributed by atoms with Gasteiger partial charge in [-0.15, -0.1) is 0 Å². The van der Waals surface area contributed by atoms with Gasteiger partial charge < -0.3 is 0 Å². The minimum absolute atomic E-state index is 0.143. The standard InChI is InChI=1S/C12H14BrN3O3S/c1-3-16(8-12-9(2)14-19-15-12)20(17,18)11-6-4-10(13)5-7-11/h4-7H,3,8H2,1-2H3. The second-order valence-electron chi connectivity index (χ2n) is 4.18. The predicted octanol–water partition coefficient (Wildman–Crippen LogP) is 2.35. The van der Waals surface area contributed by atoms with Crippen LogP contribution in [0.4, 0.5) is 0 Å². The highest BCUT2D eigenvalue weighted by Gasteiger charge is 2.25. The summed E-state index contributed by atoms with van der Waals surface area (Å²) in [7, 11) is -3.56. The fourth-order valence-electron chi connectivity index (χ4n) is 1.68. The van der Waals surface area contributed by atoms with Crippen LogP contribution < -0.4 is 0 Å². The molecule has 1 aromatic carbocycles. The van der Waals surface area contributed by atoms with Gasteiger partial charge in [0.15, 0.2) is 0 Å². The topological polar surface area (TPSA) is 76.3 Å². The molecule has 0 amide bonds. The number of nitrogens with zero attached hydrogens (tertiary/aromatic N) is 3. The summed E-state index contributed by atoms with van der Waals surface area (Å²) in [5, 5.41) is 7.38. The van der Waals surface area contributed by atoms with E-state index in [1.54, 1.807) is 38.1 Å². The number of aromatic nitrogens is 2. The van der Waals surface area contributed by atoms with E-state index in [2.05, 4.69) is 30.9 Å². The quantitative estimate of drug-likeness (QED) is 0.818. The second-order valence-corrected chi connectivity index (χ2v) is 7.04. The van der Waals surface area contributed by atoms with Gasteiger partial charge in [-0.3, -0.25) is 0 Å². The molecule has 8 heteroatoms. The van der Waals surface area contributed by atoms with Gasteiger partial charge in [-0.05, 0) is 31.2 Å². The lowest BCUT2D eigenvalue weighted by atomic mass is 10.3. The first-order chi connectivity index (χ1) is 9.45. The Labute approximate surface area is 125 Å². The Hall–Kier alpha value is -1.25. The Bertz CT molecular complexity index is 682. The molecule has 6 nitrogen and oxygen atoms in total. The van der Waals surface area contributed by atoms with Crippen LogP contribution in [0, 0.1) is 6.92 Å². The Morgan fingerprint density at radius 3 is 2.40 bits per heavy atom. The van der Waals surface area contributed by atoms with Crippen molar-refractivity contribution in [1.29, 1.82) is 0 Å². The van der Waals surface area contributed by atoms with Crippen molar-refractivity contribution in [1.82, 2.24) is 14.6 Å². The molecule has 0 radical (unpaired) electrons. The summed E-state index contributed by atoms with van der Waals surface area (Å²) in [6, 6.07) is 6.53. The van der Waals surface area contributed by atoms with E-state index in [9.17, 15) is 8.42 Å². The van der Waals surface area contributed by atoms with E-state index in [4.69, 9.17) is 0 Å². The summed E-state index contributed by atoms with van der Waals surface area (Å²) in [6.07, 6.45) is 0. The van der Waals surface area contributed by atoms with Gasteiger partial charge in [-0.1, -0.05) is 33.2 Å². The zero-order valence-corrected chi connectivity index (χ0v) is 13.5. The highest BCUT2D eigenvalue weighted by Crippen LogP contribution is 2.20. The molecule has 0 atom stereocenters. The smallest absolute Gasteiger partial charge is 0.243 e. The molecule has 0 unspecified atom stereocenters. The number of halogens is 1. The van der Waals surface area contributed by atoms with Crippen LogP contribution in [0.2, 0.25) is 0 Å². The van der Waals surface area contributed by atoms with Crippen molar-refractivity contribution < 1.29 is 13.0 Å². The summed E-state index contributed by atoms with van der Waals surface area (Å²) >= 11 is 3.29. The van der Waals surface area contributed by atoms with E-state index in [-0.39, 0.29) is 11.4 Å². The SMILES string of the molecule is CCN(Cc1nonc1C)S(=O)(=O)c1ccc(Br)cc1. The Morgan fingerprint density at radius 2 is 1.90 bits per heavy atom. The molecule has 0 aliphatic rings. The molecule has 1 heterocycles. The largest absolute Gasteiger partial charge is 0.244 e. The third kappa shape index (κ3) is 3.08. The third-order valence-corrected chi connectivity index (χ3v) is 5.34. The fraction of sp³-hybridized carbons (Fsp3) is 0.333. The molecule has 2 rings (SSSR count). The van der Waals surface area contributed by atoms with Crippen molar-refractivity contribution in [2.24, 2.45) is 0 Å². The van der Waals surface area contributed by atoms with Crippen LogP contribution in [0.25, 0.3) is 0 Å². The van der Waals surface area contributed by atoms with E-state index >= 15 is 0 Å². The summed E-state index contributed by atoms with van der Waals surface area (Å²) in [6.45, 7) is 3.99. The summed E-state index contributed by atoms with van der Waals surface area (Å²) in [5.74, 6) is 0. The molecular weight excluding hydrogens is 346 g/mol. The molecule has 108 valence electrons. The molecule has 1 aromatic heterocycles. The minimum atomic E-state index is -3.56. The number of sulfonamides is 1. The van der Waals surface area contributed by atoms with Gasteiger partial charge in [0.05, 0.1) is 11.4 Å². The highest BCUT2D eigenvalue weighted by atomic mass is 79.9. The van der Waals surface area contributed by atoms with Crippen LogP contribution in [-0.4, -0.2) is 29.6 Å². The number of hydrogen-bond donors (Lipinski definition) is 0. The molecule has 0 N–H and O–H groups in total. The first-order valence-corrected chi connectivity index (χ1v) is 8.22. The van der Waals surface area contributed by atoms with Crippen molar-refractivity contribution in [2.75, 3.05) is 6.54 Å². The monoisotopic (exact) mass is 359 g/mol. The maximum Gasteiger partial charge on any atom is 0.243 e. The number of aryl methyl sites for hydroxylation is 1. The maximum atomic E-state index is 12.5. The van der Waals surface area contributed by atoms with Crippen LogP contribution in [0.15, 0.2) is 38.3 Å². The molecule has 20 heavy (non-hydrogen) atoms. The molecule has 0 saturated carbocycles. The molecule has 0 fully saturated rings. The molecular formula is C12H14BrN3O3S. The van der Waals surface area contributed by atoms with Gasteiger partial charge in [-0.25, -0.2) is 13.0 Å². The van der Waals surface area contributed by atoms with Crippen LogP contribution in [0.5, 0.6) is 0 Å². The third-order valence-electron chi connectivity index (χ3n) is 2.88. The maximum absolute atomic E-state index is 12.5. The predicted molar refractivity (Wildman–Crippen MR) is 76.4 cm³/mol. The van der Waals surface area contributed by atoms with Gasteiger partial charge in [0.1, 0.15) is 11.4 Å². The van der Waals surface area contributed by atoms with E-state index in [1.807, 2.05) is 0 Å². The summed E-state index contributed by atoms with van der Waals surface area (Å²) in [4.78, 5) is 0.247. The Balaban J connectivity index is 2.30. The molecule has 0 aliphatic heterocycles. The molecule has 0 spiro atoms. The first kappa shape index (κ1) is 15.1. The Kier molecular flexibility index (Phi) is 4.56. The summed E-state index contributed by atoms with van der Waals surface area (Å²) in [5.41, 5.74) is 1.11. The van der Waals surface area contributed by atoms with E-state index in [0.29, 0.717) is 17.9 Å².